The molecule has 2 aromatic carbocycles. The molecule has 0 atom stereocenters. The van der Waals surface area contributed by atoms with Crippen LogP contribution in [0.25, 0.3) is 0 Å². The summed E-state index contributed by atoms with van der Waals surface area (Å²) >= 11 is 0. The number of phenolic OH excluding ortho intramolecular Hbond substituents is 1. The number of ether oxygens (including phenoxy) is 1. The number of rotatable bonds is 7. The second-order valence-corrected chi connectivity index (χ2v) is 5.85. The van der Waals surface area contributed by atoms with Crippen molar-refractivity contribution in [1.29, 1.82) is 0 Å². The summed E-state index contributed by atoms with van der Waals surface area (Å²) in [5, 5.41) is 16.1. The van der Waals surface area contributed by atoms with E-state index in [1.807, 2.05) is 26.0 Å². The fourth-order valence-electron chi connectivity index (χ4n) is 2.51. The molecule has 26 heavy (non-hydrogen) atoms. The molecule has 2 aromatic rings. The van der Waals surface area contributed by atoms with Gasteiger partial charge in [0, 0.05) is 13.1 Å². The minimum Gasteiger partial charge on any atom is -0.508 e. The molecule has 0 aliphatic carbocycles. The first-order chi connectivity index (χ1) is 12.1. The molecule has 0 aromatic heterocycles. The molecule has 142 valence electrons. The fraction of sp³-hybridized carbons (Fsp3) is 0.350. The van der Waals surface area contributed by atoms with Gasteiger partial charge < -0.3 is 20.5 Å². The second kappa shape index (κ2) is 11.6. The van der Waals surface area contributed by atoms with Gasteiger partial charge in [0.15, 0.2) is 5.96 Å². The molecule has 6 heteroatoms. The highest BCUT2D eigenvalue weighted by atomic mass is 127. The van der Waals surface area contributed by atoms with Gasteiger partial charge in [0.25, 0.3) is 0 Å². The summed E-state index contributed by atoms with van der Waals surface area (Å²) in [6.45, 7) is 6.17. The first-order valence-electron chi connectivity index (χ1n) is 8.56. The molecule has 0 saturated carbocycles. The number of aryl methyl sites for hydroxylation is 1. The molecule has 0 amide bonds. The van der Waals surface area contributed by atoms with Crippen LogP contribution in [0.3, 0.4) is 0 Å². The van der Waals surface area contributed by atoms with Crippen LogP contribution < -0.4 is 15.4 Å². The van der Waals surface area contributed by atoms with Gasteiger partial charge >= 0.3 is 0 Å². The molecule has 0 aliphatic heterocycles. The van der Waals surface area contributed by atoms with Gasteiger partial charge in [0.1, 0.15) is 11.5 Å². The monoisotopic (exact) mass is 469 g/mol. The van der Waals surface area contributed by atoms with Gasteiger partial charge in [0.2, 0.25) is 0 Å². The van der Waals surface area contributed by atoms with E-state index in [2.05, 4.69) is 33.8 Å². The summed E-state index contributed by atoms with van der Waals surface area (Å²) in [5.41, 5.74) is 3.33. The van der Waals surface area contributed by atoms with Crippen LogP contribution in [0.15, 0.2) is 47.5 Å². The van der Waals surface area contributed by atoms with E-state index in [-0.39, 0.29) is 29.7 Å². The van der Waals surface area contributed by atoms with E-state index in [1.165, 1.54) is 5.56 Å². The lowest BCUT2D eigenvalue weighted by Gasteiger charge is -2.12. The Hall–Kier alpha value is -1.96. The number of hydrogen-bond donors (Lipinski definition) is 3. The normalized spacial score (nSPS) is 10.8. The summed E-state index contributed by atoms with van der Waals surface area (Å²) in [7, 11) is 1.70. The van der Waals surface area contributed by atoms with E-state index < -0.39 is 0 Å². The average molecular weight is 469 g/mol. The van der Waals surface area contributed by atoms with Gasteiger partial charge in [-0.25, -0.2) is 4.99 Å². The largest absolute Gasteiger partial charge is 0.508 e. The number of benzene rings is 2. The van der Waals surface area contributed by atoms with Crippen LogP contribution in [0.1, 0.15) is 23.6 Å². The third kappa shape index (κ3) is 7.11. The van der Waals surface area contributed by atoms with Crippen LogP contribution in [0.2, 0.25) is 0 Å². The first-order valence-corrected chi connectivity index (χ1v) is 8.56. The summed E-state index contributed by atoms with van der Waals surface area (Å²) in [5.74, 6) is 1.95. The van der Waals surface area contributed by atoms with Crippen molar-refractivity contribution in [2.75, 3.05) is 20.2 Å². The molecule has 2 rings (SSSR count). The van der Waals surface area contributed by atoms with Gasteiger partial charge in [0.05, 0.1) is 13.7 Å². The van der Waals surface area contributed by atoms with Crippen LogP contribution in [0, 0.1) is 6.92 Å². The maximum atomic E-state index is 9.52. The van der Waals surface area contributed by atoms with Crippen molar-refractivity contribution < 1.29 is 9.84 Å². The number of hydrogen-bond acceptors (Lipinski definition) is 3. The summed E-state index contributed by atoms with van der Waals surface area (Å²) in [6, 6.07) is 13.4. The Balaban J connectivity index is 0.00000338. The number of halogens is 1. The van der Waals surface area contributed by atoms with Crippen molar-refractivity contribution in [2.45, 2.75) is 26.8 Å². The van der Waals surface area contributed by atoms with Crippen molar-refractivity contribution in [1.82, 2.24) is 10.6 Å². The number of aromatic hydroxyl groups is 1. The highest BCUT2D eigenvalue weighted by Gasteiger charge is 2.02. The molecule has 0 unspecified atom stereocenters. The van der Waals surface area contributed by atoms with E-state index >= 15 is 0 Å². The van der Waals surface area contributed by atoms with Crippen LogP contribution in [0.5, 0.6) is 11.5 Å². The zero-order valence-corrected chi connectivity index (χ0v) is 17.9. The molecule has 0 saturated heterocycles. The lowest BCUT2D eigenvalue weighted by atomic mass is 10.1. The SMILES string of the molecule is CCNC(=NCc1cccc(O)c1)NCCc1ccc(C)c(OC)c1.I. The van der Waals surface area contributed by atoms with Crippen LogP contribution in [-0.4, -0.2) is 31.3 Å². The number of nitrogens with zero attached hydrogens (tertiary/aromatic N) is 1. The molecule has 0 bridgehead atoms. The maximum absolute atomic E-state index is 9.52. The quantitative estimate of drug-likeness (QED) is 0.329. The first kappa shape index (κ1) is 22.1. The fourth-order valence-corrected chi connectivity index (χ4v) is 2.51. The summed E-state index contributed by atoms with van der Waals surface area (Å²) in [6.07, 6.45) is 0.882. The molecule has 0 spiro atoms. The molecular formula is C20H28IN3O2. The smallest absolute Gasteiger partial charge is 0.191 e. The third-order valence-electron chi connectivity index (χ3n) is 3.85. The molecule has 0 aliphatic rings. The minimum absolute atomic E-state index is 0. The van der Waals surface area contributed by atoms with E-state index in [0.29, 0.717) is 6.54 Å². The molecule has 5 nitrogen and oxygen atoms in total. The Morgan fingerprint density at radius 2 is 1.92 bits per heavy atom. The van der Waals surface area contributed by atoms with E-state index in [4.69, 9.17) is 4.74 Å². The molecule has 3 N–H and O–H groups in total. The lowest BCUT2D eigenvalue weighted by Crippen LogP contribution is -2.38. The topological polar surface area (TPSA) is 65.9 Å². The van der Waals surface area contributed by atoms with Gasteiger partial charge in [-0.3, -0.25) is 0 Å². The Bertz CT molecular complexity index is 720. The van der Waals surface area contributed by atoms with Gasteiger partial charge in [-0.15, -0.1) is 24.0 Å². The Kier molecular flexibility index (Phi) is 9.87. The van der Waals surface area contributed by atoms with Crippen molar-refractivity contribution >= 4 is 29.9 Å². The number of aliphatic imine (C=N–C) groups is 1. The van der Waals surface area contributed by atoms with Crippen molar-refractivity contribution in [3.05, 3.63) is 59.2 Å². The lowest BCUT2D eigenvalue weighted by molar-refractivity contribution is 0.411. The minimum atomic E-state index is 0. The molecular weight excluding hydrogens is 441 g/mol. The third-order valence-corrected chi connectivity index (χ3v) is 3.85. The average Bonchev–Trinajstić information content (AvgIpc) is 2.61. The number of nitrogens with one attached hydrogen (secondary N) is 2. The molecule has 0 heterocycles. The molecule has 0 fully saturated rings. The van der Waals surface area contributed by atoms with Gasteiger partial charge in [-0.1, -0.05) is 24.3 Å². The zero-order chi connectivity index (χ0) is 18.1. The number of methoxy groups -OCH3 is 1. The summed E-state index contributed by atoms with van der Waals surface area (Å²) in [4.78, 5) is 4.56. The predicted molar refractivity (Wildman–Crippen MR) is 118 cm³/mol. The highest BCUT2D eigenvalue weighted by molar-refractivity contribution is 14.0. The zero-order valence-electron chi connectivity index (χ0n) is 15.6. The van der Waals surface area contributed by atoms with Crippen molar-refractivity contribution in [2.24, 2.45) is 4.99 Å². The Morgan fingerprint density at radius 1 is 1.12 bits per heavy atom. The number of phenols is 1. The summed E-state index contributed by atoms with van der Waals surface area (Å²) < 4.78 is 5.37. The van der Waals surface area contributed by atoms with E-state index in [1.54, 1.807) is 19.2 Å². The highest BCUT2D eigenvalue weighted by Crippen LogP contribution is 2.19. The predicted octanol–water partition coefficient (Wildman–Crippen LogP) is 3.63. The standard InChI is InChI=1S/C20H27N3O2.HI/c1-4-21-20(23-14-17-6-5-7-18(24)12-17)22-11-10-16-9-8-15(2)19(13-16)25-3;/h5-9,12-13,24H,4,10-11,14H2,1-3H3,(H2,21,22,23);1H. The second-order valence-electron chi connectivity index (χ2n) is 5.85. The Labute approximate surface area is 172 Å². The van der Waals surface area contributed by atoms with E-state index in [0.717, 1.165) is 42.3 Å². The number of guanidine groups is 1. The van der Waals surface area contributed by atoms with E-state index in [9.17, 15) is 5.11 Å². The van der Waals surface area contributed by atoms with Crippen LogP contribution in [0.4, 0.5) is 0 Å². The maximum Gasteiger partial charge on any atom is 0.191 e. The van der Waals surface area contributed by atoms with Crippen LogP contribution in [-0.2, 0) is 13.0 Å². The Morgan fingerprint density at radius 3 is 2.62 bits per heavy atom. The van der Waals surface area contributed by atoms with Gasteiger partial charge in [-0.05, 0) is 55.2 Å². The molecule has 0 radical (unpaired) electrons. The van der Waals surface area contributed by atoms with Crippen molar-refractivity contribution in [3.63, 3.8) is 0 Å². The van der Waals surface area contributed by atoms with Gasteiger partial charge in [-0.2, -0.15) is 0 Å². The van der Waals surface area contributed by atoms with Crippen LogP contribution >= 0.6 is 24.0 Å². The van der Waals surface area contributed by atoms with Crippen molar-refractivity contribution in [3.8, 4) is 11.5 Å².